The number of halogens is 3. The average molecular weight is 163 g/mol. The molecule has 0 atom stereocenters. The molecule has 0 aromatic rings. The molecule has 0 N–H and O–H groups in total. The molecule has 0 aliphatic rings. The van der Waals surface area contributed by atoms with Crippen LogP contribution in [-0.4, -0.2) is 0 Å². The number of rotatable bonds is 0. The SMILES string of the molecule is [ClH2+].[Na+].[O-]Cl.[O-]Cl. The van der Waals surface area contributed by atoms with Crippen molar-refractivity contribution < 1.29 is 51.3 Å². The minimum atomic E-state index is 0. The van der Waals surface area contributed by atoms with Crippen LogP contribution in [0.1, 0.15) is 0 Å². The first kappa shape index (κ1) is 25.0. The van der Waals surface area contributed by atoms with Crippen LogP contribution in [0.4, 0.5) is 0 Å². The fraction of sp³-hybridized carbons (Fsp3) is 0. The molecule has 0 unspecified atom stereocenters. The topological polar surface area (TPSA) is 46.1 Å². The summed E-state index contributed by atoms with van der Waals surface area (Å²) in [5, 5.41) is 0. The molecule has 0 aliphatic heterocycles. The van der Waals surface area contributed by atoms with Crippen molar-refractivity contribution in [2.75, 3.05) is 0 Å². The zero-order chi connectivity index (χ0) is 4.00. The van der Waals surface area contributed by atoms with Crippen LogP contribution in [-0.2, 0) is 0 Å². The van der Waals surface area contributed by atoms with Crippen molar-refractivity contribution in [2.24, 2.45) is 0 Å². The van der Waals surface area contributed by atoms with Gasteiger partial charge in [0.05, 0.1) is 12.4 Å². The van der Waals surface area contributed by atoms with Crippen molar-refractivity contribution in [1.82, 2.24) is 0 Å². The summed E-state index contributed by atoms with van der Waals surface area (Å²) in [6, 6.07) is 0. The molecule has 36 valence electrons. The van der Waals surface area contributed by atoms with Gasteiger partial charge in [0.15, 0.2) is 0 Å². The first-order chi connectivity index (χ1) is 2.00. The third-order valence-electron chi connectivity index (χ3n) is 0. The molecule has 0 saturated heterocycles. The van der Waals surface area contributed by atoms with Crippen LogP contribution in [0.5, 0.6) is 0 Å². The second-order valence-electron chi connectivity index (χ2n) is 0. The standard InChI is InChI=1S/2ClO.ClH2.Na/c2*1-2;;/h;;1H2;/q2*-1;2*+1. The van der Waals surface area contributed by atoms with Crippen molar-refractivity contribution in [3.63, 3.8) is 0 Å². The summed E-state index contributed by atoms with van der Waals surface area (Å²) in [7, 11) is 0. The van der Waals surface area contributed by atoms with E-state index in [0.29, 0.717) is 0 Å². The zero-order valence-electron chi connectivity index (χ0n) is 3.02. The molecule has 0 aromatic heterocycles. The van der Waals surface area contributed by atoms with Gasteiger partial charge in [-0.25, -0.2) is 23.7 Å². The number of hydrogen-bond acceptors (Lipinski definition) is 2. The van der Waals surface area contributed by atoms with Crippen LogP contribution in [0.2, 0.25) is 0 Å². The third-order valence-corrected chi connectivity index (χ3v) is 0. The van der Waals surface area contributed by atoms with Gasteiger partial charge < -0.3 is 9.32 Å². The van der Waals surface area contributed by atoms with Gasteiger partial charge in [-0.05, 0) is 0 Å². The van der Waals surface area contributed by atoms with Crippen molar-refractivity contribution in [3.05, 3.63) is 0 Å². The van der Waals surface area contributed by atoms with E-state index in [2.05, 4.69) is 23.7 Å². The number of hydrogen-bond donors (Lipinski definition) is 0. The normalized spacial score (nSPS) is 2.00. The van der Waals surface area contributed by atoms with E-state index >= 15 is 0 Å². The molecular weight excluding hydrogens is 161 g/mol. The van der Waals surface area contributed by atoms with E-state index in [1.165, 1.54) is 0 Å². The molecule has 0 spiro atoms. The largest absolute Gasteiger partial charge is 1.00 e. The summed E-state index contributed by atoms with van der Waals surface area (Å²) in [5.74, 6) is 0. The van der Waals surface area contributed by atoms with Crippen molar-refractivity contribution in [1.29, 1.82) is 0 Å². The van der Waals surface area contributed by atoms with Crippen molar-refractivity contribution in [2.45, 2.75) is 0 Å². The minimum absolute atomic E-state index is 0. The molecule has 0 aromatic carbocycles. The van der Waals surface area contributed by atoms with Crippen LogP contribution in [0.3, 0.4) is 0 Å². The zero-order valence-corrected chi connectivity index (χ0v) is 7.43. The molecular formula is H2Cl3NaO2. The van der Waals surface area contributed by atoms with Crippen LogP contribution < -0.4 is 38.9 Å². The van der Waals surface area contributed by atoms with E-state index in [-0.39, 0.29) is 42.0 Å². The summed E-state index contributed by atoms with van der Waals surface area (Å²) in [5.41, 5.74) is 0. The van der Waals surface area contributed by atoms with Crippen LogP contribution in [0.25, 0.3) is 0 Å². The molecule has 2 nitrogen and oxygen atoms in total. The summed E-state index contributed by atoms with van der Waals surface area (Å²) in [6.45, 7) is 0. The molecule has 0 saturated carbocycles. The molecule has 6 heavy (non-hydrogen) atoms. The van der Waals surface area contributed by atoms with Crippen molar-refractivity contribution >= 4 is 23.7 Å². The Morgan fingerprint density at radius 3 is 0.833 bits per heavy atom. The quantitative estimate of drug-likeness (QED) is 0.338. The Bertz CT molecular complexity index is 8.75. The van der Waals surface area contributed by atoms with Gasteiger partial charge in [-0.15, -0.1) is 0 Å². The Labute approximate surface area is 74.5 Å². The van der Waals surface area contributed by atoms with E-state index in [9.17, 15) is 0 Å². The van der Waals surface area contributed by atoms with Crippen LogP contribution in [0.15, 0.2) is 0 Å². The fourth-order valence-corrected chi connectivity index (χ4v) is 0. The molecule has 0 amide bonds. The van der Waals surface area contributed by atoms with Gasteiger partial charge in [-0.3, -0.25) is 0 Å². The van der Waals surface area contributed by atoms with Crippen LogP contribution in [0, 0.1) is 12.4 Å². The maximum atomic E-state index is 7.72. The molecule has 0 bridgehead atoms. The first-order valence-corrected chi connectivity index (χ1v) is 0.926. The van der Waals surface area contributed by atoms with Gasteiger partial charge in [-0.2, -0.15) is 0 Å². The molecule has 0 heterocycles. The van der Waals surface area contributed by atoms with Crippen LogP contribution >= 0.6 is 23.7 Å². The van der Waals surface area contributed by atoms with Gasteiger partial charge >= 0.3 is 29.6 Å². The predicted octanol–water partition coefficient (Wildman–Crippen LogP) is -4.53. The fourth-order valence-electron chi connectivity index (χ4n) is 0. The Hall–Kier alpha value is 1.79. The van der Waals surface area contributed by atoms with E-state index in [4.69, 9.17) is 9.32 Å². The summed E-state index contributed by atoms with van der Waals surface area (Å²) < 4.78 is 15.4. The molecule has 0 fully saturated rings. The first-order valence-electron chi connectivity index (χ1n) is 0.309. The predicted molar refractivity (Wildman–Crippen MR) is 14.5 cm³/mol. The van der Waals surface area contributed by atoms with Gasteiger partial charge in [0.25, 0.3) is 0 Å². The minimum Gasteiger partial charge on any atom is -0.769 e. The van der Waals surface area contributed by atoms with Crippen molar-refractivity contribution in [3.8, 4) is 0 Å². The van der Waals surface area contributed by atoms with Gasteiger partial charge in [0.1, 0.15) is 0 Å². The second kappa shape index (κ2) is 71.0. The Kier molecular flexibility index (Phi) is 296. The average Bonchev–Trinajstić information content (AvgIpc) is 1.50. The third kappa shape index (κ3) is 41.5. The summed E-state index contributed by atoms with van der Waals surface area (Å²) in [6.07, 6.45) is 0. The van der Waals surface area contributed by atoms with E-state index in [0.717, 1.165) is 0 Å². The smallest absolute Gasteiger partial charge is 0.769 e. The molecule has 0 aliphatic carbocycles. The molecule has 6 heteroatoms. The van der Waals surface area contributed by atoms with Gasteiger partial charge in [0, 0.05) is 0 Å². The van der Waals surface area contributed by atoms with E-state index < -0.39 is 0 Å². The summed E-state index contributed by atoms with van der Waals surface area (Å²) in [4.78, 5) is 0. The maximum Gasteiger partial charge on any atom is 1.00 e. The second-order valence-corrected chi connectivity index (χ2v) is 0. The van der Waals surface area contributed by atoms with E-state index in [1.807, 2.05) is 0 Å². The van der Waals surface area contributed by atoms with Gasteiger partial charge in [0.2, 0.25) is 0 Å². The maximum absolute atomic E-state index is 7.72. The molecule has 0 radical (unpaired) electrons. The molecule has 0 rings (SSSR count). The van der Waals surface area contributed by atoms with E-state index in [1.54, 1.807) is 0 Å². The Morgan fingerprint density at radius 1 is 0.833 bits per heavy atom. The monoisotopic (exact) mass is 162 g/mol. The Morgan fingerprint density at radius 2 is 0.833 bits per heavy atom. The Balaban J connectivity index is -0.00000000500. The summed E-state index contributed by atoms with van der Waals surface area (Å²) >= 11 is 6.78. The van der Waals surface area contributed by atoms with Gasteiger partial charge in [-0.1, -0.05) is 0 Å².